The quantitative estimate of drug-likeness (QED) is 0.832. The predicted octanol–water partition coefficient (Wildman–Crippen LogP) is 3.64. The van der Waals surface area contributed by atoms with E-state index in [0.29, 0.717) is 6.04 Å². The minimum Gasteiger partial charge on any atom is -0.314 e. The first-order valence-corrected chi connectivity index (χ1v) is 7.67. The van der Waals surface area contributed by atoms with Crippen LogP contribution in [-0.2, 0) is 6.42 Å². The molecule has 0 amide bonds. The molecule has 3 unspecified atom stereocenters. The summed E-state index contributed by atoms with van der Waals surface area (Å²) in [5.41, 5.74) is 1.49. The number of fused-ring (bicyclic) bond motifs is 1. The Kier molecular flexibility index (Phi) is 3.69. The van der Waals surface area contributed by atoms with Gasteiger partial charge in [-0.15, -0.1) is 0 Å². The summed E-state index contributed by atoms with van der Waals surface area (Å²) in [5.74, 6) is 3.06. The normalized spacial score (nSPS) is 31.7. The lowest BCUT2D eigenvalue weighted by molar-refractivity contribution is 0.437. The van der Waals surface area contributed by atoms with Crippen LogP contribution in [-0.4, -0.2) is 12.6 Å². The Morgan fingerprint density at radius 1 is 1.11 bits per heavy atom. The highest BCUT2D eigenvalue weighted by molar-refractivity contribution is 5.18. The molecular weight excluding hydrogens is 218 g/mol. The summed E-state index contributed by atoms with van der Waals surface area (Å²) in [6, 6.07) is 11.7. The van der Waals surface area contributed by atoms with Crippen LogP contribution in [0.1, 0.15) is 38.2 Å². The molecule has 1 aromatic rings. The van der Waals surface area contributed by atoms with Gasteiger partial charge in [0.15, 0.2) is 0 Å². The summed E-state index contributed by atoms with van der Waals surface area (Å²) in [5, 5.41) is 3.75. The maximum Gasteiger partial charge on any atom is 0.0141 e. The SMILES string of the molecule is CCNC(Cc1ccccc1)C1C2CCCCC21. The molecule has 2 aliphatic carbocycles. The Bertz CT molecular complexity index is 360. The largest absolute Gasteiger partial charge is 0.314 e. The lowest BCUT2D eigenvalue weighted by Gasteiger charge is -2.18. The molecule has 1 heteroatoms. The van der Waals surface area contributed by atoms with Gasteiger partial charge in [0.25, 0.3) is 0 Å². The fraction of sp³-hybridized carbons (Fsp3) is 0.647. The molecule has 2 saturated carbocycles. The Balaban J connectivity index is 1.65. The first-order chi connectivity index (χ1) is 8.90. The van der Waals surface area contributed by atoms with Gasteiger partial charge < -0.3 is 5.32 Å². The first kappa shape index (κ1) is 12.2. The molecule has 0 heterocycles. The molecule has 0 saturated heterocycles. The van der Waals surface area contributed by atoms with Crippen LogP contribution in [0.4, 0.5) is 0 Å². The van der Waals surface area contributed by atoms with Crippen molar-refractivity contribution in [2.24, 2.45) is 17.8 Å². The molecule has 1 nitrogen and oxygen atoms in total. The van der Waals surface area contributed by atoms with Gasteiger partial charge >= 0.3 is 0 Å². The van der Waals surface area contributed by atoms with E-state index in [1.54, 1.807) is 0 Å². The van der Waals surface area contributed by atoms with Gasteiger partial charge in [0, 0.05) is 6.04 Å². The molecule has 2 fully saturated rings. The van der Waals surface area contributed by atoms with Gasteiger partial charge in [0.2, 0.25) is 0 Å². The smallest absolute Gasteiger partial charge is 0.0141 e. The van der Waals surface area contributed by atoms with Gasteiger partial charge in [-0.2, -0.15) is 0 Å². The Morgan fingerprint density at radius 2 is 1.78 bits per heavy atom. The van der Waals surface area contributed by atoms with Gasteiger partial charge in [-0.1, -0.05) is 50.1 Å². The molecule has 0 aliphatic heterocycles. The fourth-order valence-electron chi connectivity index (χ4n) is 4.12. The predicted molar refractivity (Wildman–Crippen MR) is 76.5 cm³/mol. The van der Waals surface area contributed by atoms with Crippen LogP contribution in [0.2, 0.25) is 0 Å². The van der Waals surface area contributed by atoms with E-state index in [0.717, 1.165) is 24.3 Å². The van der Waals surface area contributed by atoms with E-state index in [4.69, 9.17) is 0 Å². The summed E-state index contributed by atoms with van der Waals surface area (Å²) in [4.78, 5) is 0. The minimum absolute atomic E-state index is 0.713. The van der Waals surface area contributed by atoms with Crippen LogP contribution in [0.3, 0.4) is 0 Å². The molecule has 0 aromatic heterocycles. The van der Waals surface area contributed by atoms with Gasteiger partial charge in [0.05, 0.1) is 0 Å². The second kappa shape index (κ2) is 5.44. The van der Waals surface area contributed by atoms with E-state index in [2.05, 4.69) is 42.6 Å². The number of likely N-dealkylation sites (N-methyl/N-ethyl adjacent to an activating group) is 1. The fourth-order valence-corrected chi connectivity index (χ4v) is 4.12. The summed E-state index contributed by atoms with van der Waals surface area (Å²) < 4.78 is 0. The molecule has 0 radical (unpaired) electrons. The zero-order valence-corrected chi connectivity index (χ0v) is 11.4. The van der Waals surface area contributed by atoms with Crippen molar-refractivity contribution in [1.82, 2.24) is 5.32 Å². The van der Waals surface area contributed by atoms with Gasteiger partial charge in [-0.25, -0.2) is 0 Å². The third-order valence-electron chi connectivity index (χ3n) is 4.95. The average molecular weight is 243 g/mol. The standard InChI is InChI=1S/C17H25N/c1-2-18-16(12-13-8-4-3-5-9-13)17-14-10-6-7-11-15(14)17/h3-5,8-9,14-18H,2,6-7,10-12H2,1H3. The van der Waals surface area contributed by atoms with Crippen LogP contribution in [0.15, 0.2) is 30.3 Å². The first-order valence-electron chi connectivity index (χ1n) is 7.67. The molecule has 1 aromatic carbocycles. The summed E-state index contributed by atoms with van der Waals surface area (Å²) >= 11 is 0. The summed E-state index contributed by atoms with van der Waals surface area (Å²) in [6.45, 7) is 3.34. The zero-order chi connectivity index (χ0) is 12.4. The van der Waals surface area contributed by atoms with Crippen molar-refractivity contribution >= 4 is 0 Å². The molecule has 0 spiro atoms. The van der Waals surface area contributed by atoms with E-state index in [9.17, 15) is 0 Å². The highest BCUT2D eigenvalue weighted by Gasteiger charge is 2.53. The zero-order valence-electron chi connectivity index (χ0n) is 11.4. The van der Waals surface area contributed by atoms with Crippen LogP contribution < -0.4 is 5.32 Å². The summed E-state index contributed by atoms with van der Waals surface area (Å²) in [7, 11) is 0. The molecule has 0 bridgehead atoms. The highest BCUT2D eigenvalue weighted by atomic mass is 14.9. The van der Waals surface area contributed by atoms with Crippen molar-refractivity contribution < 1.29 is 0 Å². The molecule has 2 aliphatic rings. The Labute approximate surface area is 111 Å². The van der Waals surface area contributed by atoms with E-state index < -0.39 is 0 Å². The molecule has 18 heavy (non-hydrogen) atoms. The maximum atomic E-state index is 3.75. The lowest BCUT2D eigenvalue weighted by Crippen LogP contribution is -2.34. The number of hydrogen-bond donors (Lipinski definition) is 1. The van der Waals surface area contributed by atoms with Crippen molar-refractivity contribution in [1.29, 1.82) is 0 Å². The molecular formula is C17H25N. The number of rotatable bonds is 5. The van der Waals surface area contributed by atoms with Crippen LogP contribution in [0.5, 0.6) is 0 Å². The van der Waals surface area contributed by atoms with Crippen molar-refractivity contribution in [3.63, 3.8) is 0 Å². The van der Waals surface area contributed by atoms with Crippen molar-refractivity contribution in [2.75, 3.05) is 6.54 Å². The second-order valence-electron chi connectivity index (χ2n) is 6.04. The van der Waals surface area contributed by atoms with E-state index in [1.807, 2.05) is 0 Å². The van der Waals surface area contributed by atoms with Crippen LogP contribution in [0, 0.1) is 17.8 Å². The third-order valence-corrected chi connectivity index (χ3v) is 4.95. The third kappa shape index (κ3) is 2.47. The molecule has 3 rings (SSSR count). The Morgan fingerprint density at radius 3 is 2.39 bits per heavy atom. The monoisotopic (exact) mass is 243 g/mol. The number of nitrogens with one attached hydrogen (secondary N) is 1. The van der Waals surface area contributed by atoms with E-state index in [1.165, 1.54) is 37.7 Å². The lowest BCUT2D eigenvalue weighted by atomic mass is 10.00. The number of benzene rings is 1. The molecule has 98 valence electrons. The minimum atomic E-state index is 0.713. The van der Waals surface area contributed by atoms with Gasteiger partial charge in [0.1, 0.15) is 0 Å². The molecule has 3 atom stereocenters. The van der Waals surface area contributed by atoms with Crippen LogP contribution in [0.25, 0.3) is 0 Å². The van der Waals surface area contributed by atoms with E-state index >= 15 is 0 Å². The maximum absolute atomic E-state index is 3.75. The highest BCUT2D eigenvalue weighted by Crippen LogP contribution is 2.57. The van der Waals surface area contributed by atoms with Crippen molar-refractivity contribution in [3.05, 3.63) is 35.9 Å². The van der Waals surface area contributed by atoms with Crippen molar-refractivity contribution in [2.45, 2.75) is 45.1 Å². The van der Waals surface area contributed by atoms with Gasteiger partial charge in [-0.3, -0.25) is 0 Å². The molecule has 1 N–H and O–H groups in total. The topological polar surface area (TPSA) is 12.0 Å². The van der Waals surface area contributed by atoms with Crippen molar-refractivity contribution in [3.8, 4) is 0 Å². The van der Waals surface area contributed by atoms with Gasteiger partial charge in [-0.05, 0) is 49.1 Å². The van der Waals surface area contributed by atoms with E-state index in [-0.39, 0.29) is 0 Å². The average Bonchev–Trinajstić information content (AvgIpc) is 3.14. The van der Waals surface area contributed by atoms with Crippen LogP contribution >= 0.6 is 0 Å². The Hall–Kier alpha value is -0.820. The second-order valence-corrected chi connectivity index (χ2v) is 6.04. The number of hydrogen-bond acceptors (Lipinski definition) is 1. The summed E-state index contributed by atoms with van der Waals surface area (Å²) in [6.07, 6.45) is 7.15.